The van der Waals surface area contributed by atoms with Gasteiger partial charge in [-0.3, -0.25) is 5.48 Å². The van der Waals surface area contributed by atoms with E-state index < -0.39 is 10.1 Å². The van der Waals surface area contributed by atoms with Crippen molar-refractivity contribution in [2.75, 3.05) is 6.26 Å². The van der Waals surface area contributed by atoms with E-state index in [2.05, 4.69) is 15.8 Å². The highest BCUT2D eigenvalue weighted by Gasteiger charge is 2.10. The molecule has 6 heteroatoms. The molecule has 0 amide bonds. The third-order valence-electron chi connectivity index (χ3n) is 2.14. The highest BCUT2D eigenvalue weighted by Crippen LogP contribution is 2.20. The lowest BCUT2D eigenvalue weighted by Crippen LogP contribution is -2.20. The maximum absolute atomic E-state index is 10.8. The fourth-order valence-electron chi connectivity index (χ4n) is 1.40. The second-order valence-electron chi connectivity index (χ2n) is 3.52. The number of hydrogen-bond acceptors (Lipinski definition) is 5. The van der Waals surface area contributed by atoms with E-state index in [4.69, 9.17) is 5.26 Å². The van der Waals surface area contributed by atoms with Gasteiger partial charge in [0.05, 0.1) is 18.7 Å². The van der Waals surface area contributed by atoms with Gasteiger partial charge in [-0.2, -0.15) is 18.0 Å². The Bertz CT molecular complexity index is 443. The van der Waals surface area contributed by atoms with Crippen LogP contribution in [0, 0.1) is 11.3 Å². The minimum absolute atomic E-state index is 0.289. The number of nitriles is 1. The highest BCUT2D eigenvalue weighted by molar-refractivity contribution is 7.85. The molecule has 0 aliphatic heterocycles. The number of nitrogens with one attached hydrogen (secondary N) is 1. The Morgan fingerprint density at radius 2 is 2.31 bits per heavy atom. The lowest BCUT2D eigenvalue weighted by atomic mass is 10.1. The van der Waals surface area contributed by atoms with Crippen LogP contribution in [0.1, 0.15) is 25.7 Å². The van der Waals surface area contributed by atoms with Crippen molar-refractivity contribution in [2.24, 2.45) is 0 Å². The molecule has 0 radical (unpaired) electrons. The summed E-state index contributed by atoms with van der Waals surface area (Å²) in [6.45, 7) is 0. The second-order valence-corrected chi connectivity index (χ2v) is 5.10. The van der Waals surface area contributed by atoms with Crippen LogP contribution >= 0.6 is 0 Å². The molecular weight excluding hydrogens is 228 g/mol. The molecule has 0 spiro atoms. The molecule has 0 aromatic carbocycles. The van der Waals surface area contributed by atoms with Crippen LogP contribution in [0.2, 0.25) is 0 Å². The molecule has 1 N–H and O–H groups in total. The Hall–Kier alpha value is -1.32. The summed E-state index contributed by atoms with van der Waals surface area (Å²) in [6, 6.07) is 2.06. The molecule has 0 aromatic rings. The van der Waals surface area contributed by atoms with Crippen LogP contribution in [0.5, 0.6) is 0 Å². The van der Waals surface area contributed by atoms with Crippen LogP contribution in [-0.2, 0) is 14.4 Å². The zero-order valence-corrected chi connectivity index (χ0v) is 9.88. The number of rotatable bonds is 4. The average molecular weight is 242 g/mol. The van der Waals surface area contributed by atoms with Crippen molar-refractivity contribution in [3.05, 3.63) is 23.4 Å². The van der Waals surface area contributed by atoms with E-state index in [1.165, 1.54) is 0 Å². The molecule has 88 valence electrons. The van der Waals surface area contributed by atoms with Gasteiger partial charge in [-0.1, -0.05) is 12.2 Å². The van der Waals surface area contributed by atoms with E-state index in [0.29, 0.717) is 12.1 Å². The number of hydrogen-bond donors (Lipinski definition) is 1. The van der Waals surface area contributed by atoms with E-state index in [0.717, 1.165) is 24.7 Å². The molecule has 5 nitrogen and oxygen atoms in total. The van der Waals surface area contributed by atoms with E-state index in [1.807, 2.05) is 12.2 Å². The molecule has 1 rings (SSSR count). The van der Waals surface area contributed by atoms with Gasteiger partial charge < -0.3 is 0 Å². The van der Waals surface area contributed by atoms with Gasteiger partial charge in [-0.25, -0.2) is 0 Å². The monoisotopic (exact) mass is 242 g/mol. The summed E-state index contributed by atoms with van der Waals surface area (Å²) in [7, 11) is -3.53. The second kappa shape index (κ2) is 5.68. The van der Waals surface area contributed by atoms with Crippen LogP contribution in [0.3, 0.4) is 0 Å². The van der Waals surface area contributed by atoms with Crippen molar-refractivity contribution in [3.63, 3.8) is 0 Å². The lowest BCUT2D eigenvalue weighted by molar-refractivity contribution is 0.235. The quantitative estimate of drug-likeness (QED) is 0.595. The first-order valence-electron chi connectivity index (χ1n) is 4.90. The highest BCUT2D eigenvalue weighted by atomic mass is 32.2. The SMILES string of the molecule is CS(=O)(=O)ONC1=C(CC#N)CCC=CC1. The molecule has 0 atom stereocenters. The number of hydroxylamine groups is 1. The zero-order chi connectivity index (χ0) is 12.0. The standard InChI is InChI=1S/C10H14N2O3S/c1-16(13,14)15-12-10-6-4-2-3-5-9(10)7-8-11/h2,4,12H,3,5-7H2,1H3. The van der Waals surface area contributed by atoms with Crippen molar-refractivity contribution in [1.29, 1.82) is 5.26 Å². The molecule has 16 heavy (non-hydrogen) atoms. The predicted molar refractivity (Wildman–Crippen MR) is 59.3 cm³/mol. The van der Waals surface area contributed by atoms with Crippen LogP contribution in [0.4, 0.5) is 0 Å². The Kier molecular flexibility index (Phi) is 4.52. The Balaban J connectivity index is 2.76. The summed E-state index contributed by atoms with van der Waals surface area (Å²) in [5.41, 5.74) is 3.99. The van der Waals surface area contributed by atoms with Crippen molar-refractivity contribution in [2.45, 2.75) is 25.7 Å². The molecule has 0 bridgehead atoms. The Labute approximate surface area is 95.5 Å². The fraction of sp³-hybridized carbons (Fsp3) is 0.500. The van der Waals surface area contributed by atoms with E-state index >= 15 is 0 Å². The van der Waals surface area contributed by atoms with Crippen LogP contribution in [0.25, 0.3) is 0 Å². The summed E-state index contributed by atoms with van der Waals surface area (Å²) >= 11 is 0. The van der Waals surface area contributed by atoms with Gasteiger partial charge in [-0.15, -0.1) is 0 Å². The maximum Gasteiger partial charge on any atom is 0.284 e. The summed E-state index contributed by atoms with van der Waals surface area (Å²) in [4.78, 5) is 0. The number of nitrogens with zero attached hydrogens (tertiary/aromatic N) is 1. The van der Waals surface area contributed by atoms with Gasteiger partial charge in [0.25, 0.3) is 10.1 Å². The Morgan fingerprint density at radius 1 is 1.56 bits per heavy atom. The van der Waals surface area contributed by atoms with Crippen molar-refractivity contribution in [3.8, 4) is 6.07 Å². The van der Waals surface area contributed by atoms with Crippen LogP contribution in [0.15, 0.2) is 23.4 Å². The van der Waals surface area contributed by atoms with Crippen molar-refractivity contribution < 1.29 is 12.7 Å². The minimum Gasteiger partial charge on any atom is -0.253 e. The van der Waals surface area contributed by atoms with Gasteiger partial charge in [-0.05, 0) is 18.4 Å². The molecular formula is C10H14N2O3S. The van der Waals surface area contributed by atoms with Gasteiger partial charge in [0.1, 0.15) is 0 Å². The molecule has 1 aliphatic carbocycles. The summed E-state index contributed by atoms with van der Waals surface area (Å²) in [5.74, 6) is 0. The van der Waals surface area contributed by atoms with Gasteiger partial charge in [0, 0.05) is 12.1 Å². The lowest BCUT2D eigenvalue weighted by Gasteiger charge is -2.11. The van der Waals surface area contributed by atoms with Crippen molar-refractivity contribution >= 4 is 10.1 Å². The molecule has 0 saturated carbocycles. The van der Waals surface area contributed by atoms with E-state index in [9.17, 15) is 8.42 Å². The first-order chi connectivity index (χ1) is 7.53. The zero-order valence-electron chi connectivity index (χ0n) is 9.06. The topological polar surface area (TPSA) is 79.2 Å². The number of allylic oxidation sites excluding steroid dienone is 3. The van der Waals surface area contributed by atoms with Gasteiger partial charge in [0.15, 0.2) is 0 Å². The first kappa shape index (κ1) is 12.7. The third kappa shape index (κ3) is 4.47. The largest absolute Gasteiger partial charge is 0.284 e. The minimum atomic E-state index is -3.53. The normalized spacial score (nSPS) is 16.8. The first-order valence-corrected chi connectivity index (χ1v) is 6.72. The van der Waals surface area contributed by atoms with Gasteiger partial charge >= 0.3 is 0 Å². The maximum atomic E-state index is 10.8. The molecule has 1 aliphatic rings. The molecule has 0 heterocycles. The fourth-order valence-corrected chi connectivity index (χ4v) is 1.65. The molecule has 0 unspecified atom stereocenters. The van der Waals surface area contributed by atoms with Crippen LogP contribution < -0.4 is 5.48 Å². The Morgan fingerprint density at radius 3 is 2.94 bits per heavy atom. The molecule has 0 aromatic heterocycles. The summed E-state index contributed by atoms with van der Waals surface area (Å²) < 4.78 is 26.2. The average Bonchev–Trinajstić information content (AvgIpc) is 2.40. The summed E-state index contributed by atoms with van der Waals surface area (Å²) in [6.07, 6.45) is 7.37. The summed E-state index contributed by atoms with van der Waals surface area (Å²) in [5, 5.41) is 8.66. The van der Waals surface area contributed by atoms with Crippen LogP contribution in [-0.4, -0.2) is 14.7 Å². The van der Waals surface area contributed by atoms with Crippen molar-refractivity contribution in [1.82, 2.24) is 5.48 Å². The third-order valence-corrected chi connectivity index (χ3v) is 2.52. The smallest absolute Gasteiger partial charge is 0.253 e. The van der Waals surface area contributed by atoms with E-state index in [-0.39, 0.29) is 6.42 Å². The molecule has 0 saturated heterocycles. The van der Waals surface area contributed by atoms with Gasteiger partial charge in [0.2, 0.25) is 0 Å². The predicted octanol–water partition coefficient (Wildman–Crippen LogP) is 1.38. The van der Waals surface area contributed by atoms with E-state index in [1.54, 1.807) is 0 Å². The molecule has 0 fully saturated rings.